The number of nitrogens with one attached hydrogen (secondary N) is 1. The van der Waals surface area contributed by atoms with E-state index in [9.17, 15) is 0 Å². The topological polar surface area (TPSA) is 54.0 Å². The molecule has 0 amide bonds. The third-order valence-corrected chi connectivity index (χ3v) is 3.98. The SMILES string of the molecule is COc1n[nH]c(-c2cccc(C(C)N3CCCC3)c2)n1. The number of rotatable bonds is 4. The highest BCUT2D eigenvalue weighted by atomic mass is 16.5. The second-order valence-corrected chi connectivity index (χ2v) is 5.22. The number of benzene rings is 1. The maximum atomic E-state index is 5.01. The van der Waals surface area contributed by atoms with Gasteiger partial charge in [0.05, 0.1) is 7.11 Å². The lowest BCUT2D eigenvalue weighted by atomic mass is 10.0. The average Bonchev–Trinajstić information content (AvgIpc) is 3.17. The molecular formula is C15H20N4O. The Balaban J connectivity index is 1.85. The predicted molar refractivity (Wildman–Crippen MR) is 77.6 cm³/mol. The minimum absolute atomic E-state index is 0.373. The molecule has 106 valence electrons. The van der Waals surface area contributed by atoms with Gasteiger partial charge in [0, 0.05) is 11.6 Å². The Kier molecular flexibility index (Phi) is 3.69. The first kappa shape index (κ1) is 13.1. The Bertz CT molecular complexity index is 575. The van der Waals surface area contributed by atoms with Crippen molar-refractivity contribution in [2.24, 2.45) is 0 Å². The number of likely N-dealkylation sites (tertiary alicyclic amines) is 1. The van der Waals surface area contributed by atoms with Gasteiger partial charge < -0.3 is 4.74 Å². The number of hydrogen-bond acceptors (Lipinski definition) is 4. The van der Waals surface area contributed by atoms with E-state index >= 15 is 0 Å². The molecule has 20 heavy (non-hydrogen) atoms. The van der Waals surface area contributed by atoms with Gasteiger partial charge in [0.15, 0.2) is 5.82 Å². The molecule has 1 aromatic heterocycles. The number of aromatic amines is 1. The number of H-pyrrole nitrogens is 1. The van der Waals surface area contributed by atoms with Crippen LogP contribution in [0.5, 0.6) is 6.01 Å². The molecule has 1 aliphatic heterocycles. The molecule has 1 atom stereocenters. The summed E-state index contributed by atoms with van der Waals surface area (Å²) in [6, 6.07) is 9.30. The Morgan fingerprint density at radius 2 is 2.10 bits per heavy atom. The normalized spacial score (nSPS) is 17.3. The number of ether oxygens (including phenoxy) is 1. The summed E-state index contributed by atoms with van der Waals surface area (Å²) < 4.78 is 5.01. The summed E-state index contributed by atoms with van der Waals surface area (Å²) in [4.78, 5) is 6.82. The first-order valence-corrected chi connectivity index (χ1v) is 7.08. The molecule has 5 heteroatoms. The molecule has 1 aromatic carbocycles. The van der Waals surface area contributed by atoms with Gasteiger partial charge in [-0.05, 0) is 44.5 Å². The van der Waals surface area contributed by atoms with Crippen molar-refractivity contribution in [2.45, 2.75) is 25.8 Å². The van der Waals surface area contributed by atoms with E-state index < -0.39 is 0 Å². The summed E-state index contributed by atoms with van der Waals surface area (Å²) in [6.45, 7) is 4.66. The van der Waals surface area contributed by atoms with Gasteiger partial charge in [0.2, 0.25) is 0 Å². The number of nitrogens with zero attached hydrogens (tertiary/aromatic N) is 3. The molecule has 0 bridgehead atoms. The van der Waals surface area contributed by atoms with Gasteiger partial charge in [-0.2, -0.15) is 4.98 Å². The summed E-state index contributed by atoms with van der Waals surface area (Å²) in [5.74, 6) is 0.748. The highest BCUT2D eigenvalue weighted by molar-refractivity contribution is 5.56. The molecule has 2 heterocycles. The van der Waals surface area contributed by atoms with Crippen LogP contribution >= 0.6 is 0 Å². The largest absolute Gasteiger partial charge is 0.466 e. The fourth-order valence-electron chi connectivity index (χ4n) is 2.75. The Morgan fingerprint density at radius 3 is 2.80 bits per heavy atom. The van der Waals surface area contributed by atoms with E-state index in [1.807, 2.05) is 6.07 Å². The van der Waals surface area contributed by atoms with Crippen LogP contribution in [-0.4, -0.2) is 40.3 Å². The molecule has 1 unspecified atom stereocenters. The Morgan fingerprint density at radius 1 is 1.30 bits per heavy atom. The Hall–Kier alpha value is -1.88. The van der Waals surface area contributed by atoms with Gasteiger partial charge in [0.25, 0.3) is 0 Å². The van der Waals surface area contributed by atoms with Crippen LogP contribution in [0.2, 0.25) is 0 Å². The summed E-state index contributed by atoms with van der Waals surface area (Å²) in [7, 11) is 1.57. The smallest absolute Gasteiger partial charge is 0.335 e. The van der Waals surface area contributed by atoms with Crippen molar-refractivity contribution < 1.29 is 4.74 Å². The molecule has 5 nitrogen and oxygen atoms in total. The molecule has 2 aromatic rings. The van der Waals surface area contributed by atoms with E-state index in [1.165, 1.54) is 31.5 Å². The van der Waals surface area contributed by atoms with Crippen molar-refractivity contribution >= 4 is 0 Å². The van der Waals surface area contributed by atoms with Crippen LogP contribution in [0.15, 0.2) is 24.3 Å². The summed E-state index contributed by atoms with van der Waals surface area (Å²) in [5.41, 5.74) is 2.36. The molecule has 0 spiro atoms. The van der Waals surface area contributed by atoms with E-state index in [2.05, 4.69) is 45.2 Å². The summed E-state index contributed by atoms with van der Waals surface area (Å²) >= 11 is 0. The highest BCUT2D eigenvalue weighted by Crippen LogP contribution is 2.27. The maximum absolute atomic E-state index is 5.01. The Labute approximate surface area is 119 Å². The quantitative estimate of drug-likeness (QED) is 0.929. The second kappa shape index (κ2) is 5.63. The lowest BCUT2D eigenvalue weighted by Crippen LogP contribution is -2.23. The predicted octanol–water partition coefficient (Wildman–Crippen LogP) is 2.64. The second-order valence-electron chi connectivity index (χ2n) is 5.22. The van der Waals surface area contributed by atoms with Gasteiger partial charge in [0.1, 0.15) is 0 Å². The van der Waals surface area contributed by atoms with E-state index in [4.69, 9.17) is 4.74 Å². The van der Waals surface area contributed by atoms with Crippen LogP contribution in [-0.2, 0) is 0 Å². The standard InChI is InChI=1S/C15H20N4O/c1-11(19-8-3-4-9-19)12-6-5-7-13(10-12)14-16-15(20-2)18-17-14/h5-7,10-11H,3-4,8-9H2,1-2H3,(H,16,17,18). The molecule has 0 radical (unpaired) electrons. The van der Waals surface area contributed by atoms with Gasteiger partial charge in [-0.15, -0.1) is 5.10 Å². The van der Waals surface area contributed by atoms with Crippen LogP contribution in [0.1, 0.15) is 31.4 Å². The van der Waals surface area contributed by atoms with Crippen molar-refractivity contribution in [3.05, 3.63) is 29.8 Å². The highest BCUT2D eigenvalue weighted by Gasteiger charge is 2.19. The van der Waals surface area contributed by atoms with E-state index in [0.717, 1.165) is 11.4 Å². The maximum Gasteiger partial charge on any atom is 0.335 e. The first-order valence-electron chi connectivity index (χ1n) is 7.08. The third-order valence-electron chi connectivity index (χ3n) is 3.98. The lowest BCUT2D eigenvalue weighted by Gasteiger charge is -2.24. The van der Waals surface area contributed by atoms with Crippen LogP contribution in [0.25, 0.3) is 11.4 Å². The average molecular weight is 272 g/mol. The first-order chi connectivity index (χ1) is 9.78. The van der Waals surface area contributed by atoms with Gasteiger partial charge in [-0.1, -0.05) is 18.2 Å². The minimum Gasteiger partial charge on any atom is -0.466 e. The lowest BCUT2D eigenvalue weighted by molar-refractivity contribution is 0.263. The fraction of sp³-hybridized carbons (Fsp3) is 0.467. The van der Waals surface area contributed by atoms with Crippen molar-refractivity contribution in [1.29, 1.82) is 0 Å². The molecule has 1 fully saturated rings. The van der Waals surface area contributed by atoms with E-state index in [1.54, 1.807) is 7.11 Å². The monoisotopic (exact) mass is 272 g/mol. The number of methoxy groups -OCH3 is 1. The minimum atomic E-state index is 0.373. The third kappa shape index (κ3) is 2.54. The van der Waals surface area contributed by atoms with Gasteiger partial charge in [-0.3, -0.25) is 10.00 Å². The van der Waals surface area contributed by atoms with Crippen molar-refractivity contribution in [1.82, 2.24) is 20.1 Å². The van der Waals surface area contributed by atoms with E-state index in [-0.39, 0.29) is 0 Å². The van der Waals surface area contributed by atoms with Gasteiger partial charge in [-0.25, -0.2) is 0 Å². The van der Waals surface area contributed by atoms with Crippen LogP contribution in [0, 0.1) is 0 Å². The van der Waals surface area contributed by atoms with Crippen molar-refractivity contribution in [3.63, 3.8) is 0 Å². The zero-order valence-corrected chi connectivity index (χ0v) is 12.0. The molecule has 3 rings (SSSR count). The van der Waals surface area contributed by atoms with Crippen LogP contribution < -0.4 is 4.74 Å². The van der Waals surface area contributed by atoms with Crippen LogP contribution in [0.4, 0.5) is 0 Å². The number of aromatic nitrogens is 3. The molecular weight excluding hydrogens is 252 g/mol. The fourth-order valence-corrected chi connectivity index (χ4v) is 2.75. The molecule has 0 aliphatic carbocycles. The summed E-state index contributed by atoms with van der Waals surface area (Å²) in [5, 5.41) is 6.90. The molecule has 1 aliphatic rings. The van der Waals surface area contributed by atoms with Gasteiger partial charge >= 0.3 is 6.01 Å². The molecule has 1 N–H and O–H groups in total. The summed E-state index contributed by atoms with van der Waals surface area (Å²) in [6.07, 6.45) is 2.62. The molecule has 0 saturated carbocycles. The zero-order chi connectivity index (χ0) is 13.9. The van der Waals surface area contributed by atoms with Crippen molar-refractivity contribution in [3.8, 4) is 17.4 Å². The van der Waals surface area contributed by atoms with Crippen LogP contribution in [0.3, 0.4) is 0 Å². The zero-order valence-electron chi connectivity index (χ0n) is 12.0. The number of hydrogen-bond donors (Lipinski definition) is 1. The van der Waals surface area contributed by atoms with Crippen molar-refractivity contribution in [2.75, 3.05) is 20.2 Å². The van der Waals surface area contributed by atoms with E-state index in [0.29, 0.717) is 12.1 Å². The molecule has 1 saturated heterocycles.